The molecule has 0 amide bonds. The number of carbonyl (C=O) groups excluding carboxylic acids is 1. The zero-order valence-electron chi connectivity index (χ0n) is 14.7. The molecule has 2 nitrogen and oxygen atoms in total. The molecule has 0 N–H and O–H groups in total. The first-order chi connectivity index (χ1) is 12.2. The van der Waals surface area contributed by atoms with Gasteiger partial charge in [-0.3, -0.25) is 4.79 Å². The van der Waals surface area contributed by atoms with Crippen molar-refractivity contribution in [3.8, 4) is 0 Å². The molecule has 0 fully saturated rings. The molecular weight excluding hydrogens is 306 g/mol. The minimum absolute atomic E-state index is 0.224. The van der Waals surface area contributed by atoms with Gasteiger partial charge >= 0.3 is 0 Å². The third kappa shape index (κ3) is 3.17. The lowest BCUT2D eigenvalue weighted by Gasteiger charge is -2.33. The second-order valence-corrected chi connectivity index (χ2v) is 6.98. The highest BCUT2D eigenvalue weighted by atomic mass is 16.1. The molecular formula is C23H23NO. The average molecular weight is 329 g/mol. The molecule has 3 aromatic carbocycles. The Bertz CT molecular complexity index is 914. The van der Waals surface area contributed by atoms with Crippen LogP contribution in [0.25, 0.3) is 10.8 Å². The van der Waals surface area contributed by atoms with E-state index >= 15 is 0 Å². The van der Waals surface area contributed by atoms with Crippen molar-refractivity contribution in [2.45, 2.75) is 32.7 Å². The summed E-state index contributed by atoms with van der Waals surface area (Å²) in [4.78, 5) is 14.2. The van der Waals surface area contributed by atoms with Gasteiger partial charge in [0.2, 0.25) is 0 Å². The minimum Gasteiger partial charge on any atom is -0.366 e. The van der Waals surface area contributed by atoms with Crippen molar-refractivity contribution in [3.63, 3.8) is 0 Å². The molecule has 0 atom stereocenters. The van der Waals surface area contributed by atoms with E-state index in [9.17, 15) is 4.79 Å². The van der Waals surface area contributed by atoms with Gasteiger partial charge in [0.25, 0.3) is 0 Å². The number of rotatable bonds is 4. The van der Waals surface area contributed by atoms with E-state index in [1.807, 2.05) is 0 Å². The Balaban J connectivity index is 1.83. The second kappa shape index (κ2) is 6.72. The van der Waals surface area contributed by atoms with Crippen molar-refractivity contribution in [3.05, 3.63) is 77.4 Å². The molecule has 0 radical (unpaired) electrons. The van der Waals surface area contributed by atoms with Crippen LogP contribution in [0.2, 0.25) is 0 Å². The standard InChI is InChI=1S/C23H23NO/c1-17(25)14-20-15-19-10-7-13-24(16-18-8-3-2-4-9-18)23(19)22-12-6-5-11-21(20)22/h2-6,8-9,11-12,15H,7,10,13-14,16H2,1H3. The SMILES string of the molecule is CC(=O)Cc1cc2c(c3ccccc13)N(Cc1ccccc1)CCC2. The first-order valence-corrected chi connectivity index (χ1v) is 9.04. The molecule has 0 spiro atoms. The van der Waals surface area contributed by atoms with Crippen LogP contribution in [-0.4, -0.2) is 12.3 Å². The van der Waals surface area contributed by atoms with Gasteiger partial charge in [-0.15, -0.1) is 0 Å². The molecule has 0 bridgehead atoms. The largest absolute Gasteiger partial charge is 0.366 e. The van der Waals surface area contributed by atoms with Gasteiger partial charge in [0.05, 0.1) is 0 Å². The second-order valence-electron chi connectivity index (χ2n) is 6.98. The van der Waals surface area contributed by atoms with Crippen LogP contribution in [0.15, 0.2) is 60.7 Å². The summed E-state index contributed by atoms with van der Waals surface area (Å²) in [5.41, 5.74) is 5.26. The smallest absolute Gasteiger partial charge is 0.134 e. The number of aryl methyl sites for hydroxylation is 1. The maximum Gasteiger partial charge on any atom is 0.134 e. The number of nitrogens with zero attached hydrogens (tertiary/aromatic N) is 1. The predicted octanol–water partition coefficient (Wildman–Crippen LogP) is 4.92. The van der Waals surface area contributed by atoms with Crippen LogP contribution in [-0.2, 0) is 24.2 Å². The molecule has 1 aliphatic heterocycles. The highest BCUT2D eigenvalue weighted by Gasteiger charge is 2.21. The number of anilines is 1. The molecule has 0 saturated heterocycles. The summed E-state index contributed by atoms with van der Waals surface area (Å²) < 4.78 is 0. The Kier molecular flexibility index (Phi) is 4.27. The summed E-state index contributed by atoms with van der Waals surface area (Å²) in [5, 5.41) is 2.50. The summed E-state index contributed by atoms with van der Waals surface area (Å²) in [6.45, 7) is 3.69. The molecule has 126 valence electrons. The molecule has 3 aromatic rings. The maximum absolute atomic E-state index is 11.7. The highest BCUT2D eigenvalue weighted by Crippen LogP contribution is 2.38. The molecule has 1 aliphatic rings. The number of carbonyl (C=O) groups is 1. The van der Waals surface area contributed by atoms with Crippen molar-refractivity contribution >= 4 is 22.2 Å². The van der Waals surface area contributed by atoms with E-state index in [-0.39, 0.29) is 5.78 Å². The lowest BCUT2D eigenvalue weighted by Crippen LogP contribution is -2.29. The Labute approximate surface area is 149 Å². The van der Waals surface area contributed by atoms with E-state index in [4.69, 9.17) is 0 Å². The first kappa shape index (κ1) is 15.9. The van der Waals surface area contributed by atoms with Gasteiger partial charge in [-0.1, -0.05) is 60.7 Å². The van der Waals surface area contributed by atoms with Gasteiger partial charge in [-0.05, 0) is 41.8 Å². The zero-order chi connectivity index (χ0) is 17.2. The third-order valence-corrected chi connectivity index (χ3v) is 5.03. The topological polar surface area (TPSA) is 20.3 Å². The Morgan fingerprint density at radius 3 is 2.48 bits per heavy atom. The van der Waals surface area contributed by atoms with Crippen molar-refractivity contribution in [1.82, 2.24) is 0 Å². The normalized spacial score (nSPS) is 13.7. The number of fused-ring (bicyclic) bond motifs is 3. The van der Waals surface area contributed by atoms with Crippen LogP contribution in [0.3, 0.4) is 0 Å². The van der Waals surface area contributed by atoms with Crippen LogP contribution in [0.1, 0.15) is 30.0 Å². The van der Waals surface area contributed by atoms with Crippen LogP contribution in [0.4, 0.5) is 5.69 Å². The number of ketones is 1. The lowest BCUT2D eigenvalue weighted by atomic mass is 9.91. The van der Waals surface area contributed by atoms with Crippen molar-refractivity contribution in [2.75, 3.05) is 11.4 Å². The van der Waals surface area contributed by atoms with E-state index in [1.54, 1.807) is 6.92 Å². The monoisotopic (exact) mass is 329 g/mol. The molecule has 1 heterocycles. The van der Waals surface area contributed by atoms with E-state index in [2.05, 4.69) is 65.6 Å². The van der Waals surface area contributed by atoms with E-state index in [0.29, 0.717) is 6.42 Å². The summed E-state index contributed by atoms with van der Waals surface area (Å²) in [6, 6.07) is 21.5. The van der Waals surface area contributed by atoms with Crippen LogP contribution >= 0.6 is 0 Å². The zero-order valence-corrected chi connectivity index (χ0v) is 14.7. The van der Waals surface area contributed by atoms with Gasteiger partial charge in [0.15, 0.2) is 0 Å². The number of benzene rings is 3. The van der Waals surface area contributed by atoms with Gasteiger partial charge in [-0.2, -0.15) is 0 Å². The predicted molar refractivity (Wildman–Crippen MR) is 104 cm³/mol. The van der Waals surface area contributed by atoms with Gasteiger partial charge in [-0.25, -0.2) is 0 Å². The summed E-state index contributed by atoms with van der Waals surface area (Å²) in [7, 11) is 0. The average Bonchev–Trinajstić information content (AvgIpc) is 2.62. The van der Waals surface area contributed by atoms with Crippen molar-refractivity contribution < 1.29 is 4.79 Å². The van der Waals surface area contributed by atoms with Crippen LogP contribution < -0.4 is 4.90 Å². The fourth-order valence-corrected chi connectivity index (χ4v) is 4.01. The van der Waals surface area contributed by atoms with E-state index < -0.39 is 0 Å². The summed E-state index contributed by atoms with van der Waals surface area (Å²) >= 11 is 0. The third-order valence-electron chi connectivity index (χ3n) is 5.03. The Morgan fingerprint density at radius 1 is 1.00 bits per heavy atom. The molecule has 2 heteroatoms. The van der Waals surface area contributed by atoms with Gasteiger partial charge in [0.1, 0.15) is 5.78 Å². The molecule has 0 aromatic heterocycles. The van der Waals surface area contributed by atoms with Crippen molar-refractivity contribution in [2.24, 2.45) is 0 Å². The number of hydrogen-bond donors (Lipinski definition) is 0. The minimum atomic E-state index is 0.224. The number of hydrogen-bond acceptors (Lipinski definition) is 2. The quantitative estimate of drug-likeness (QED) is 0.677. The maximum atomic E-state index is 11.7. The highest BCUT2D eigenvalue weighted by molar-refractivity contribution is 6.00. The van der Waals surface area contributed by atoms with Gasteiger partial charge < -0.3 is 4.90 Å². The molecule has 4 rings (SSSR count). The Morgan fingerprint density at radius 2 is 1.72 bits per heavy atom. The Hall–Kier alpha value is -2.61. The van der Waals surface area contributed by atoms with Gasteiger partial charge in [0, 0.05) is 30.6 Å². The fourth-order valence-electron chi connectivity index (χ4n) is 4.01. The first-order valence-electron chi connectivity index (χ1n) is 9.04. The summed E-state index contributed by atoms with van der Waals surface area (Å²) in [6.07, 6.45) is 2.78. The lowest BCUT2D eigenvalue weighted by molar-refractivity contribution is -0.116. The molecule has 0 saturated carbocycles. The van der Waals surface area contributed by atoms with Crippen LogP contribution in [0.5, 0.6) is 0 Å². The fraction of sp³-hybridized carbons (Fsp3) is 0.261. The van der Waals surface area contributed by atoms with E-state index in [1.165, 1.54) is 33.2 Å². The molecule has 25 heavy (non-hydrogen) atoms. The van der Waals surface area contributed by atoms with Crippen LogP contribution in [0, 0.1) is 0 Å². The molecule has 0 aliphatic carbocycles. The van der Waals surface area contributed by atoms with Crippen molar-refractivity contribution in [1.29, 1.82) is 0 Å². The summed E-state index contributed by atoms with van der Waals surface area (Å²) in [5.74, 6) is 0.224. The number of Topliss-reactive ketones (excluding diaryl/α,β-unsaturated/α-hetero) is 1. The van der Waals surface area contributed by atoms with E-state index in [0.717, 1.165) is 25.9 Å². The molecule has 0 unspecified atom stereocenters.